The molecule has 0 unspecified atom stereocenters. The fourth-order valence-corrected chi connectivity index (χ4v) is 3.94. The number of allylic oxidation sites excluding steroid dienone is 5. The van der Waals surface area contributed by atoms with Crippen LogP contribution in [0, 0.1) is 0 Å². The van der Waals surface area contributed by atoms with E-state index < -0.39 is 0 Å². The highest BCUT2D eigenvalue weighted by molar-refractivity contribution is 5.92. The minimum Gasteiger partial charge on any atom is -0.310 e. The molecule has 0 saturated heterocycles. The lowest BCUT2D eigenvalue weighted by molar-refractivity contribution is 1.16. The Hall–Kier alpha value is -3.58. The van der Waals surface area contributed by atoms with Crippen LogP contribution < -0.4 is 10.4 Å². The maximum absolute atomic E-state index is 4.42. The van der Waals surface area contributed by atoms with E-state index in [4.69, 9.17) is 0 Å². The minimum atomic E-state index is 0.955. The van der Waals surface area contributed by atoms with Crippen molar-refractivity contribution in [2.75, 3.05) is 0 Å². The van der Waals surface area contributed by atoms with Crippen LogP contribution in [0.4, 0.5) is 0 Å². The molecule has 0 aliphatic rings. The third-order valence-electron chi connectivity index (χ3n) is 5.33. The first-order chi connectivity index (χ1) is 14.5. The molecule has 1 heteroatoms. The minimum absolute atomic E-state index is 0.955. The standard InChI is InChI=1S/C29H29N/c1-8-12-24(10-3)30-25(11-4)19-23-18-22(14-17-29(23)30)27-16-15-26(20(5)6)28(13-9-2)21(27)7/h8,10-19H,1,3-5,7,9H2,2,6H3/b24-12+,28-13-. The fraction of sp³-hybridized carbons (Fsp3) is 0.103. The van der Waals surface area contributed by atoms with Crippen molar-refractivity contribution in [1.29, 1.82) is 0 Å². The van der Waals surface area contributed by atoms with E-state index in [9.17, 15) is 0 Å². The van der Waals surface area contributed by atoms with Gasteiger partial charge in [0, 0.05) is 16.8 Å². The third kappa shape index (κ3) is 3.67. The Morgan fingerprint density at radius 2 is 1.83 bits per heavy atom. The van der Waals surface area contributed by atoms with Gasteiger partial charge >= 0.3 is 0 Å². The van der Waals surface area contributed by atoms with E-state index in [0.717, 1.165) is 56.2 Å². The summed E-state index contributed by atoms with van der Waals surface area (Å²) >= 11 is 0. The number of hydrogen-bond donors (Lipinski definition) is 0. The van der Waals surface area contributed by atoms with Gasteiger partial charge in [-0.2, -0.15) is 0 Å². The largest absolute Gasteiger partial charge is 0.310 e. The topological polar surface area (TPSA) is 4.93 Å². The Kier molecular flexibility index (Phi) is 6.23. The molecule has 2 aromatic carbocycles. The van der Waals surface area contributed by atoms with E-state index in [1.54, 1.807) is 6.08 Å². The molecule has 0 aliphatic heterocycles. The van der Waals surface area contributed by atoms with Gasteiger partial charge in [-0.3, -0.25) is 0 Å². The second-order valence-corrected chi connectivity index (χ2v) is 7.36. The Balaban J connectivity index is 2.28. The molecular weight excluding hydrogens is 362 g/mol. The van der Waals surface area contributed by atoms with Gasteiger partial charge in [0.15, 0.2) is 0 Å². The summed E-state index contributed by atoms with van der Waals surface area (Å²) in [5.41, 5.74) is 7.59. The highest BCUT2D eigenvalue weighted by Gasteiger charge is 2.11. The zero-order valence-electron chi connectivity index (χ0n) is 18.0. The lowest BCUT2D eigenvalue weighted by Crippen LogP contribution is -2.28. The molecule has 0 fully saturated rings. The van der Waals surface area contributed by atoms with Crippen LogP contribution >= 0.6 is 0 Å². The van der Waals surface area contributed by atoms with E-state index in [1.165, 1.54) is 5.22 Å². The molecule has 150 valence electrons. The van der Waals surface area contributed by atoms with Crippen LogP contribution in [0.2, 0.25) is 0 Å². The first-order valence-electron chi connectivity index (χ1n) is 10.2. The molecule has 1 heterocycles. The number of benzene rings is 2. The zero-order valence-corrected chi connectivity index (χ0v) is 18.0. The SMILES string of the molecule is C=C/C=C(\C=C)n1c(C=C)cc2cc(-c3ccc(C(=C)C)/c(=C\CC)c3=C)ccc21. The van der Waals surface area contributed by atoms with Crippen LogP contribution in [0.15, 0.2) is 80.9 Å². The highest BCUT2D eigenvalue weighted by atomic mass is 15.0. The Morgan fingerprint density at radius 3 is 2.43 bits per heavy atom. The van der Waals surface area contributed by atoms with Gasteiger partial charge in [0.1, 0.15) is 0 Å². The van der Waals surface area contributed by atoms with Crippen LogP contribution in [-0.4, -0.2) is 4.57 Å². The summed E-state index contributed by atoms with van der Waals surface area (Å²) in [7, 11) is 0. The molecule has 0 saturated carbocycles. The first kappa shape index (κ1) is 21.1. The van der Waals surface area contributed by atoms with Crippen molar-refractivity contribution >= 4 is 40.9 Å². The van der Waals surface area contributed by atoms with Crippen molar-refractivity contribution in [3.05, 3.63) is 103 Å². The van der Waals surface area contributed by atoms with Gasteiger partial charge < -0.3 is 4.57 Å². The maximum Gasteiger partial charge on any atom is 0.0535 e. The third-order valence-corrected chi connectivity index (χ3v) is 5.33. The lowest BCUT2D eigenvalue weighted by Gasteiger charge is -2.11. The monoisotopic (exact) mass is 391 g/mol. The quantitative estimate of drug-likeness (QED) is 0.390. The maximum atomic E-state index is 4.42. The van der Waals surface area contributed by atoms with Crippen molar-refractivity contribution in [2.24, 2.45) is 0 Å². The van der Waals surface area contributed by atoms with Gasteiger partial charge in [-0.1, -0.05) is 75.7 Å². The smallest absolute Gasteiger partial charge is 0.0535 e. The van der Waals surface area contributed by atoms with Crippen LogP contribution in [-0.2, 0) is 0 Å². The number of hydrogen-bond acceptors (Lipinski definition) is 0. The molecule has 0 bridgehead atoms. The molecule has 3 rings (SSSR count). The predicted octanol–water partition coefficient (Wildman–Crippen LogP) is 6.80. The van der Waals surface area contributed by atoms with Gasteiger partial charge in [0.05, 0.1) is 5.52 Å². The molecule has 0 radical (unpaired) electrons. The Labute approximate surface area is 179 Å². The molecule has 30 heavy (non-hydrogen) atoms. The van der Waals surface area contributed by atoms with E-state index in [0.29, 0.717) is 0 Å². The van der Waals surface area contributed by atoms with Gasteiger partial charge in [0.2, 0.25) is 0 Å². The molecule has 0 N–H and O–H groups in total. The molecule has 0 spiro atoms. The second-order valence-electron chi connectivity index (χ2n) is 7.36. The molecule has 0 amide bonds. The molecule has 3 aromatic rings. The van der Waals surface area contributed by atoms with Crippen LogP contribution in [0.5, 0.6) is 0 Å². The first-order valence-corrected chi connectivity index (χ1v) is 10.2. The van der Waals surface area contributed by atoms with E-state index in [2.05, 4.69) is 86.9 Å². The lowest BCUT2D eigenvalue weighted by atomic mass is 9.96. The summed E-state index contributed by atoms with van der Waals surface area (Å²) in [5, 5.41) is 3.36. The molecular formula is C29H29N. The summed E-state index contributed by atoms with van der Waals surface area (Å²) in [6, 6.07) is 13.0. The molecule has 0 atom stereocenters. The predicted molar refractivity (Wildman–Crippen MR) is 136 cm³/mol. The van der Waals surface area contributed by atoms with Crippen LogP contribution in [0.25, 0.3) is 52.0 Å². The van der Waals surface area contributed by atoms with E-state index >= 15 is 0 Å². The van der Waals surface area contributed by atoms with Crippen molar-refractivity contribution in [2.45, 2.75) is 20.3 Å². The van der Waals surface area contributed by atoms with Gasteiger partial charge in [0.25, 0.3) is 0 Å². The zero-order chi connectivity index (χ0) is 21.8. The fourth-order valence-electron chi connectivity index (χ4n) is 3.94. The van der Waals surface area contributed by atoms with Crippen LogP contribution in [0.3, 0.4) is 0 Å². The molecule has 1 aromatic heterocycles. The molecule has 0 aliphatic carbocycles. The summed E-state index contributed by atoms with van der Waals surface area (Å²) < 4.78 is 2.15. The second kappa shape index (κ2) is 8.84. The van der Waals surface area contributed by atoms with E-state index in [-0.39, 0.29) is 0 Å². The highest BCUT2D eigenvalue weighted by Crippen LogP contribution is 2.29. The van der Waals surface area contributed by atoms with Gasteiger partial charge in [-0.25, -0.2) is 0 Å². The normalized spacial score (nSPS) is 12.2. The van der Waals surface area contributed by atoms with E-state index in [1.807, 2.05) is 25.2 Å². The average molecular weight is 392 g/mol. The number of aromatic nitrogens is 1. The Morgan fingerprint density at radius 1 is 1.07 bits per heavy atom. The number of nitrogens with zero attached hydrogens (tertiary/aromatic N) is 1. The number of rotatable bonds is 7. The van der Waals surface area contributed by atoms with Crippen molar-refractivity contribution in [3.8, 4) is 11.1 Å². The summed E-state index contributed by atoms with van der Waals surface area (Å²) in [6.07, 6.45) is 10.6. The summed E-state index contributed by atoms with van der Waals surface area (Å²) in [6.45, 7) is 24.5. The van der Waals surface area contributed by atoms with Gasteiger partial charge in [-0.15, -0.1) is 0 Å². The Bertz CT molecular complexity index is 1310. The van der Waals surface area contributed by atoms with Crippen LogP contribution in [0.1, 0.15) is 31.5 Å². The van der Waals surface area contributed by atoms with Crippen molar-refractivity contribution in [1.82, 2.24) is 4.57 Å². The molecule has 1 nitrogen and oxygen atoms in total. The van der Waals surface area contributed by atoms with Crippen molar-refractivity contribution in [3.63, 3.8) is 0 Å². The average Bonchev–Trinajstić information content (AvgIpc) is 3.10. The summed E-state index contributed by atoms with van der Waals surface area (Å²) in [5.74, 6) is 0. The number of fused-ring (bicyclic) bond motifs is 1. The van der Waals surface area contributed by atoms with Gasteiger partial charge in [-0.05, 0) is 76.9 Å². The summed E-state index contributed by atoms with van der Waals surface area (Å²) in [4.78, 5) is 0. The van der Waals surface area contributed by atoms with Crippen molar-refractivity contribution < 1.29 is 0 Å².